The molecule has 3 aromatic carbocycles. The zero-order valence-electron chi connectivity index (χ0n) is 16.2. The van der Waals surface area contributed by atoms with E-state index in [1.54, 1.807) is 6.07 Å². The molecule has 0 aliphatic rings. The first-order valence-electron chi connectivity index (χ1n) is 9.72. The summed E-state index contributed by atoms with van der Waals surface area (Å²) in [7, 11) is 0. The van der Waals surface area contributed by atoms with Crippen molar-refractivity contribution in [3.05, 3.63) is 82.3 Å². The summed E-state index contributed by atoms with van der Waals surface area (Å²) >= 11 is 12.5. The largest absolute Gasteiger partial charge is 0.494 e. The van der Waals surface area contributed by atoms with Crippen molar-refractivity contribution in [3.8, 4) is 17.1 Å². The third-order valence-electron chi connectivity index (χ3n) is 4.89. The van der Waals surface area contributed by atoms with Gasteiger partial charge in [-0.25, -0.2) is 4.98 Å². The van der Waals surface area contributed by atoms with Gasteiger partial charge in [0.25, 0.3) is 0 Å². The number of unbranched alkanes of at least 4 members (excludes halogenated alkanes) is 1. The van der Waals surface area contributed by atoms with Crippen LogP contribution in [0.1, 0.15) is 18.4 Å². The Balaban J connectivity index is 1.49. The van der Waals surface area contributed by atoms with E-state index in [0.717, 1.165) is 47.6 Å². The first-order valence-corrected chi connectivity index (χ1v) is 10.5. The molecule has 0 saturated carbocycles. The van der Waals surface area contributed by atoms with Crippen LogP contribution in [0, 0.1) is 6.92 Å². The number of halogens is 2. The topological polar surface area (TPSA) is 27.1 Å². The Labute approximate surface area is 180 Å². The molecule has 0 saturated heterocycles. The van der Waals surface area contributed by atoms with Gasteiger partial charge in [-0.15, -0.1) is 0 Å². The normalized spacial score (nSPS) is 11.1. The number of imidazole rings is 1. The van der Waals surface area contributed by atoms with Crippen LogP contribution in [0.25, 0.3) is 22.4 Å². The number of aromatic nitrogens is 2. The number of fused-ring (bicyclic) bond motifs is 1. The maximum Gasteiger partial charge on any atom is 0.142 e. The quantitative estimate of drug-likeness (QED) is 0.293. The number of para-hydroxylation sites is 2. The van der Waals surface area contributed by atoms with E-state index in [9.17, 15) is 0 Å². The average molecular weight is 425 g/mol. The number of hydrogen-bond donors (Lipinski definition) is 0. The summed E-state index contributed by atoms with van der Waals surface area (Å²) in [5.74, 6) is 1.78. The summed E-state index contributed by atoms with van der Waals surface area (Å²) in [4.78, 5) is 4.83. The summed E-state index contributed by atoms with van der Waals surface area (Å²) < 4.78 is 8.09. The lowest BCUT2D eigenvalue weighted by Crippen LogP contribution is -2.04. The van der Waals surface area contributed by atoms with Crippen molar-refractivity contribution in [2.75, 3.05) is 6.61 Å². The van der Waals surface area contributed by atoms with Gasteiger partial charge in [-0.1, -0.05) is 53.0 Å². The molecule has 0 radical (unpaired) electrons. The van der Waals surface area contributed by atoms with E-state index < -0.39 is 0 Å². The lowest BCUT2D eigenvalue weighted by molar-refractivity contribution is 0.303. The zero-order chi connectivity index (χ0) is 20.2. The number of hydrogen-bond acceptors (Lipinski definition) is 2. The Morgan fingerprint density at radius 3 is 2.52 bits per heavy atom. The van der Waals surface area contributed by atoms with Crippen LogP contribution in [0.2, 0.25) is 10.0 Å². The van der Waals surface area contributed by atoms with Gasteiger partial charge in [0.15, 0.2) is 0 Å². The third kappa shape index (κ3) is 4.58. The lowest BCUT2D eigenvalue weighted by atomic mass is 10.2. The minimum atomic E-state index is 0.608. The van der Waals surface area contributed by atoms with Crippen molar-refractivity contribution in [2.45, 2.75) is 26.3 Å². The van der Waals surface area contributed by atoms with Gasteiger partial charge in [-0.2, -0.15) is 0 Å². The summed E-state index contributed by atoms with van der Waals surface area (Å²) in [5.41, 5.74) is 4.19. The van der Waals surface area contributed by atoms with Gasteiger partial charge in [-0.05, 0) is 62.2 Å². The van der Waals surface area contributed by atoms with Crippen LogP contribution in [0.15, 0.2) is 66.7 Å². The van der Waals surface area contributed by atoms with Gasteiger partial charge in [-0.3, -0.25) is 0 Å². The van der Waals surface area contributed by atoms with E-state index in [1.807, 2.05) is 42.5 Å². The molecule has 0 atom stereocenters. The second-order valence-electron chi connectivity index (χ2n) is 7.07. The van der Waals surface area contributed by atoms with Crippen LogP contribution in [0.5, 0.6) is 5.75 Å². The fourth-order valence-corrected chi connectivity index (χ4v) is 3.87. The van der Waals surface area contributed by atoms with Crippen LogP contribution in [0.3, 0.4) is 0 Å². The second kappa shape index (κ2) is 8.89. The monoisotopic (exact) mass is 424 g/mol. The van der Waals surface area contributed by atoms with Gasteiger partial charge in [0.05, 0.1) is 22.7 Å². The highest BCUT2D eigenvalue weighted by molar-refractivity contribution is 6.36. The summed E-state index contributed by atoms with van der Waals surface area (Å²) in [5, 5.41) is 1.23. The van der Waals surface area contributed by atoms with Crippen LogP contribution in [-0.2, 0) is 6.54 Å². The molecule has 0 aliphatic heterocycles. The van der Waals surface area contributed by atoms with Gasteiger partial charge >= 0.3 is 0 Å². The van der Waals surface area contributed by atoms with Crippen molar-refractivity contribution in [3.63, 3.8) is 0 Å². The molecule has 0 bridgehead atoms. The number of nitrogens with zero attached hydrogens (tertiary/aromatic N) is 2. The van der Waals surface area contributed by atoms with E-state index in [-0.39, 0.29) is 0 Å². The van der Waals surface area contributed by atoms with Crippen LogP contribution in [-0.4, -0.2) is 16.2 Å². The molecule has 3 nitrogen and oxygen atoms in total. The molecule has 0 unspecified atom stereocenters. The van der Waals surface area contributed by atoms with Crippen molar-refractivity contribution in [1.29, 1.82) is 0 Å². The average Bonchev–Trinajstić information content (AvgIpc) is 3.07. The number of rotatable bonds is 7. The van der Waals surface area contributed by atoms with E-state index in [2.05, 4.69) is 29.7 Å². The smallest absolute Gasteiger partial charge is 0.142 e. The maximum absolute atomic E-state index is 6.47. The van der Waals surface area contributed by atoms with E-state index in [1.165, 1.54) is 5.56 Å². The van der Waals surface area contributed by atoms with Crippen molar-refractivity contribution >= 4 is 34.2 Å². The molecule has 148 valence electrons. The van der Waals surface area contributed by atoms with Gasteiger partial charge in [0.1, 0.15) is 11.6 Å². The molecule has 0 aliphatic carbocycles. The Morgan fingerprint density at radius 2 is 1.72 bits per heavy atom. The van der Waals surface area contributed by atoms with E-state index >= 15 is 0 Å². The predicted octanol–water partition coefficient (Wildman–Crippen LogP) is 7.18. The molecule has 0 spiro atoms. The van der Waals surface area contributed by atoms with Crippen molar-refractivity contribution in [2.24, 2.45) is 0 Å². The molecule has 4 rings (SSSR count). The van der Waals surface area contributed by atoms with Gasteiger partial charge in [0.2, 0.25) is 0 Å². The lowest BCUT2D eigenvalue weighted by Gasteiger charge is -2.11. The number of ether oxygens (including phenoxy) is 1. The van der Waals surface area contributed by atoms with Crippen molar-refractivity contribution < 1.29 is 4.74 Å². The molecule has 0 amide bonds. The highest BCUT2D eigenvalue weighted by Crippen LogP contribution is 2.32. The Morgan fingerprint density at radius 1 is 0.931 bits per heavy atom. The highest BCUT2D eigenvalue weighted by atomic mass is 35.5. The minimum absolute atomic E-state index is 0.608. The van der Waals surface area contributed by atoms with Crippen LogP contribution in [0.4, 0.5) is 0 Å². The molecule has 0 fully saturated rings. The number of aryl methyl sites for hydroxylation is 2. The Bertz CT molecular complexity index is 1120. The first-order chi connectivity index (χ1) is 14.1. The summed E-state index contributed by atoms with van der Waals surface area (Å²) in [6.45, 7) is 3.60. The Kier molecular flexibility index (Phi) is 6.08. The maximum atomic E-state index is 6.47. The predicted molar refractivity (Wildman–Crippen MR) is 121 cm³/mol. The summed E-state index contributed by atoms with van der Waals surface area (Å²) in [6, 6.07) is 21.9. The third-order valence-corrected chi connectivity index (χ3v) is 5.44. The van der Waals surface area contributed by atoms with Gasteiger partial charge in [0, 0.05) is 17.1 Å². The SMILES string of the molecule is Cc1ccc(OCCCCn2c(-c3ccc(Cl)cc3Cl)nc3ccccc32)cc1. The molecule has 1 heterocycles. The fraction of sp³-hybridized carbons (Fsp3) is 0.208. The molecule has 4 aromatic rings. The molecular formula is C24H22Cl2N2O. The Hall–Kier alpha value is -2.49. The standard InChI is InChI=1S/C24H22Cl2N2O/c1-17-8-11-19(12-9-17)29-15-5-4-14-28-23-7-3-2-6-22(23)27-24(28)20-13-10-18(25)16-21(20)26/h2-3,6-13,16H,4-5,14-15H2,1H3. The van der Waals surface area contributed by atoms with E-state index in [4.69, 9.17) is 32.9 Å². The minimum Gasteiger partial charge on any atom is -0.494 e. The first kappa shape index (κ1) is 19.8. The van der Waals surface area contributed by atoms with Gasteiger partial charge < -0.3 is 9.30 Å². The molecular weight excluding hydrogens is 403 g/mol. The molecule has 0 N–H and O–H groups in total. The number of benzene rings is 3. The second-order valence-corrected chi connectivity index (χ2v) is 7.91. The summed E-state index contributed by atoms with van der Waals surface area (Å²) in [6.07, 6.45) is 1.93. The van der Waals surface area contributed by atoms with Crippen molar-refractivity contribution in [1.82, 2.24) is 9.55 Å². The van der Waals surface area contributed by atoms with E-state index in [0.29, 0.717) is 16.7 Å². The molecule has 5 heteroatoms. The molecule has 29 heavy (non-hydrogen) atoms. The van der Waals surface area contributed by atoms with Crippen LogP contribution < -0.4 is 4.74 Å². The fourth-order valence-electron chi connectivity index (χ4n) is 3.37. The van der Waals surface area contributed by atoms with Crippen LogP contribution >= 0.6 is 23.2 Å². The molecule has 1 aromatic heterocycles. The highest BCUT2D eigenvalue weighted by Gasteiger charge is 2.15. The zero-order valence-corrected chi connectivity index (χ0v) is 17.7.